The number of rotatable bonds is 5. The zero-order chi connectivity index (χ0) is 16.1. The van der Waals surface area contributed by atoms with Crippen LogP contribution >= 0.6 is 15.9 Å². The van der Waals surface area contributed by atoms with E-state index >= 15 is 0 Å². The number of carbonyl (C=O) groups excluding carboxylic acids is 1. The average molecular weight is 365 g/mol. The SMILES string of the molecule is CN(C)C(CNC(=O)c1ccc(Br)c(F)c1)c1ccccc1. The van der Waals surface area contributed by atoms with Gasteiger partial charge in [-0.15, -0.1) is 0 Å². The largest absolute Gasteiger partial charge is 0.350 e. The highest BCUT2D eigenvalue weighted by Crippen LogP contribution is 2.18. The van der Waals surface area contributed by atoms with Gasteiger partial charge in [-0.3, -0.25) is 4.79 Å². The first kappa shape index (κ1) is 16.6. The molecule has 0 heterocycles. The van der Waals surface area contributed by atoms with E-state index in [9.17, 15) is 9.18 Å². The van der Waals surface area contributed by atoms with Crippen molar-refractivity contribution in [3.8, 4) is 0 Å². The van der Waals surface area contributed by atoms with E-state index in [1.807, 2.05) is 49.3 Å². The molecule has 2 aromatic rings. The van der Waals surface area contributed by atoms with Gasteiger partial charge in [0.15, 0.2) is 0 Å². The lowest BCUT2D eigenvalue weighted by Crippen LogP contribution is -2.34. The molecule has 2 rings (SSSR count). The molecule has 0 aliphatic carbocycles. The molecule has 0 saturated heterocycles. The number of hydrogen-bond acceptors (Lipinski definition) is 2. The van der Waals surface area contributed by atoms with Crippen LogP contribution in [0.1, 0.15) is 22.0 Å². The van der Waals surface area contributed by atoms with E-state index in [1.54, 1.807) is 6.07 Å². The van der Waals surface area contributed by atoms with E-state index in [1.165, 1.54) is 12.1 Å². The lowest BCUT2D eigenvalue weighted by molar-refractivity contribution is 0.0941. The maximum Gasteiger partial charge on any atom is 0.251 e. The smallest absolute Gasteiger partial charge is 0.251 e. The Balaban J connectivity index is 2.06. The third-order valence-electron chi connectivity index (χ3n) is 3.45. The van der Waals surface area contributed by atoms with Crippen LogP contribution in [0.25, 0.3) is 0 Å². The molecule has 5 heteroatoms. The summed E-state index contributed by atoms with van der Waals surface area (Å²) in [6, 6.07) is 14.4. The third-order valence-corrected chi connectivity index (χ3v) is 4.09. The van der Waals surface area contributed by atoms with Crippen molar-refractivity contribution < 1.29 is 9.18 Å². The van der Waals surface area contributed by atoms with E-state index in [0.717, 1.165) is 5.56 Å². The van der Waals surface area contributed by atoms with Gasteiger partial charge in [0.25, 0.3) is 5.91 Å². The zero-order valence-electron chi connectivity index (χ0n) is 12.5. The molecular formula is C17H18BrFN2O. The van der Waals surface area contributed by atoms with Gasteiger partial charge in [-0.1, -0.05) is 30.3 Å². The van der Waals surface area contributed by atoms with Crippen molar-refractivity contribution in [2.45, 2.75) is 6.04 Å². The van der Waals surface area contributed by atoms with Crippen molar-refractivity contribution in [1.82, 2.24) is 10.2 Å². The van der Waals surface area contributed by atoms with Crippen molar-refractivity contribution in [3.05, 3.63) is 69.9 Å². The van der Waals surface area contributed by atoms with Crippen LogP contribution in [0, 0.1) is 5.82 Å². The highest BCUT2D eigenvalue weighted by Gasteiger charge is 2.16. The molecule has 2 aromatic carbocycles. The number of nitrogens with one attached hydrogen (secondary N) is 1. The summed E-state index contributed by atoms with van der Waals surface area (Å²) in [5, 5.41) is 2.86. The molecule has 0 radical (unpaired) electrons. The molecule has 0 bridgehead atoms. The van der Waals surface area contributed by atoms with Crippen LogP contribution in [-0.2, 0) is 0 Å². The molecule has 0 spiro atoms. The maximum absolute atomic E-state index is 13.5. The predicted molar refractivity (Wildman–Crippen MR) is 89.3 cm³/mol. The fraction of sp³-hybridized carbons (Fsp3) is 0.235. The minimum Gasteiger partial charge on any atom is -0.350 e. The van der Waals surface area contributed by atoms with Gasteiger partial charge < -0.3 is 10.2 Å². The molecule has 0 aliphatic rings. The molecule has 0 saturated carbocycles. The van der Waals surface area contributed by atoms with Gasteiger partial charge in [-0.25, -0.2) is 4.39 Å². The highest BCUT2D eigenvalue weighted by atomic mass is 79.9. The first-order valence-electron chi connectivity index (χ1n) is 6.93. The minimum atomic E-state index is -0.445. The van der Waals surface area contributed by atoms with Crippen molar-refractivity contribution in [2.24, 2.45) is 0 Å². The summed E-state index contributed by atoms with van der Waals surface area (Å²) < 4.78 is 13.8. The summed E-state index contributed by atoms with van der Waals surface area (Å²) in [5.41, 5.74) is 1.43. The Morgan fingerprint density at radius 2 is 1.91 bits per heavy atom. The van der Waals surface area contributed by atoms with Gasteiger partial charge in [0.05, 0.1) is 10.5 Å². The Labute approximate surface area is 138 Å². The molecule has 22 heavy (non-hydrogen) atoms. The fourth-order valence-electron chi connectivity index (χ4n) is 2.20. The predicted octanol–water partition coefficient (Wildman–Crippen LogP) is 3.62. The molecule has 116 valence electrons. The molecule has 1 N–H and O–H groups in total. The van der Waals surface area contributed by atoms with Crippen LogP contribution in [0.3, 0.4) is 0 Å². The minimum absolute atomic E-state index is 0.0606. The standard InChI is InChI=1S/C17H18BrFN2O/c1-21(2)16(12-6-4-3-5-7-12)11-20-17(22)13-8-9-14(18)15(19)10-13/h3-10,16H,11H2,1-2H3,(H,20,22). The highest BCUT2D eigenvalue weighted by molar-refractivity contribution is 9.10. The summed E-state index contributed by atoms with van der Waals surface area (Å²) in [4.78, 5) is 14.2. The number of carbonyl (C=O) groups is 1. The van der Waals surface area contributed by atoms with Crippen molar-refractivity contribution in [1.29, 1.82) is 0 Å². The summed E-state index contributed by atoms with van der Waals surface area (Å²) in [6.07, 6.45) is 0. The van der Waals surface area contributed by atoms with Gasteiger partial charge in [0.2, 0.25) is 0 Å². The summed E-state index contributed by atoms with van der Waals surface area (Å²) in [7, 11) is 3.92. The number of halogens is 2. The van der Waals surface area contributed by atoms with Crippen LogP contribution < -0.4 is 5.32 Å². The van der Waals surface area contributed by atoms with E-state index in [4.69, 9.17) is 0 Å². The van der Waals surface area contributed by atoms with E-state index in [0.29, 0.717) is 16.6 Å². The maximum atomic E-state index is 13.5. The molecule has 3 nitrogen and oxygen atoms in total. The Bertz CT molecular complexity index is 646. The molecule has 0 fully saturated rings. The quantitative estimate of drug-likeness (QED) is 0.878. The van der Waals surface area contributed by atoms with Crippen molar-refractivity contribution in [2.75, 3.05) is 20.6 Å². The number of benzene rings is 2. The Morgan fingerprint density at radius 1 is 1.23 bits per heavy atom. The Morgan fingerprint density at radius 3 is 2.50 bits per heavy atom. The first-order valence-corrected chi connectivity index (χ1v) is 7.73. The van der Waals surface area contributed by atoms with Crippen LogP contribution in [0.2, 0.25) is 0 Å². The van der Waals surface area contributed by atoms with Crippen LogP contribution in [0.5, 0.6) is 0 Å². The summed E-state index contributed by atoms with van der Waals surface area (Å²) in [6.45, 7) is 0.452. The zero-order valence-corrected chi connectivity index (χ0v) is 14.1. The number of likely N-dealkylation sites (N-methyl/N-ethyl adjacent to an activating group) is 1. The first-order chi connectivity index (χ1) is 10.5. The van der Waals surface area contributed by atoms with Gasteiger partial charge in [-0.05, 0) is 53.8 Å². The number of amides is 1. The van der Waals surface area contributed by atoms with E-state index in [-0.39, 0.29) is 11.9 Å². The third kappa shape index (κ3) is 4.15. The number of hydrogen-bond donors (Lipinski definition) is 1. The lowest BCUT2D eigenvalue weighted by atomic mass is 10.1. The number of nitrogens with zero attached hydrogens (tertiary/aromatic N) is 1. The van der Waals surface area contributed by atoms with Gasteiger partial charge in [0.1, 0.15) is 5.82 Å². The second-order valence-corrected chi connectivity index (χ2v) is 6.08. The normalized spacial score (nSPS) is 12.2. The second-order valence-electron chi connectivity index (χ2n) is 5.23. The Hall–Kier alpha value is -1.72. The Kier molecular flexibility index (Phi) is 5.69. The monoisotopic (exact) mass is 364 g/mol. The van der Waals surface area contributed by atoms with E-state index in [2.05, 4.69) is 21.2 Å². The fourth-order valence-corrected chi connectivity index (χ4v) is 2.45. The average Bonchev–Trinajstić information content (AvgIpc) is 2.50. The molecule has 1 amide bonds. The van der Waals surface area contributed by atoms with Crippen LogP contribution in [0.15, 0.2) is 53.0 Å². The van der Waals surface area contributed by atoms with E-state index < -0.39 is 5.82 Å². The van der Waals surface area contributed by atoms with Gasteiger partial charge >= 0.3 is 0 Å². The summed E-state index contributed by atoms with van der Waals surface area (Å²) in [5.74, 6) is -0.728. The van der Waals surface area contributed by atoms with Crippen molar-refractivity contribution in [3.63, 3.8) is 0 Å². The molecular weight excluding hydrogens is 347 g/mol. The summed E-state index contributed by atoms with van der Waals surface area (Å²) >= 11 is 3.08. The van der Waals surface area contributed by atoms with Gasteiger partial charge in [0, 0.05) is 12.1 Å². The van der Waals surface area contributed by atoms with Gasteiger partial charge in [-0.2, -0.15) is 0 Å². The lowest BCUT2D eigenvalue weighted by Gasteiger charge is -2.25. The molecule has 0 aliphatic heterocycles. The van der Waals surface area contributed by atoms with Crippen LogP contribution in [-0.4, -0.2) is 31.4 Å². The second kappa shape index (κ2) is 7.51. The van der Waals surface area contributed by atoms with Crippen LogP contribution in [0.4, 0.5) is 4.39 Å². The molecule has 0 aromatic heterocycles. The molecule has 1 unspecified atom stereocenters. The van der Waals surface area contributed by atoms with Crippen molar-refractivity contribution >= 4 is 21.8 Å². The topological polar surface area (TPSA) is 32.3 Å². The molecule has 1 atom stereocenters.